The first-order valence-electron chi connectivity index (χ1n) is 10.0. The normalized spacial score (nSPS) is 15.7. The summed E-state index contributed by atoms with van der Waals surface area (Å²) in [5.74, 6) is 0.462. The second-order valence-electron chi connectivity index (χ2n) is 7.15. The van der Waals surface area contributed by atoms with Crippen LogP contribution < -0.4 is 20.1 Å². The van der Waals surface area contributed by atoms with Crippen LogP contribution >= 0.6 is 23.2 Å². The van der Waals surface area contributed by atoms with Crippen LogP contribution in [-0.4, -0.2) is 25.7 Å². The number of hydrogen-bond acceptors (Lipinski definition) is 5. The van der Waals surface area contributed by atoms with E-state index in [1.54, 1.807) is 37.3 Å². The van der Waals surface area contributed by atoms with Crippen molar-refractivity contribution < 1.29 is 23.8 Å². The third-order valence-electron chi connectivity index (χ3n) is 4.83. The number of urea groups is 1. The van der Waals surface area contributed by atoms with Crippen LogP contribution in [0.2, 0.25) is 10.0 Å². The summed E-state index contributed by atoms with van der Waals surface area (Å²) in [5.41, 5.74) is 2.24. The topological polar surface area (TPSA) is 85.9 Å². The minimum Gasteiger partial charge on any atom is -0.493 e. The molecule has 0 bridgehead atoms. The Hall–Kier alpha value is -2.90. The van der Waals surface area contributed by atoms with Gasteiger partial charge in [0.05, 0.1) is 35.4 Å². The molecule has 0 spiro atoms. The van der Waals surface area contributed by atoms with Gasteiger partial charge < -0.3 is 24.8 Å². The van der Waals surface area contributed by atoms with E-state index < -0.39 is 18.0 Å². The van der Waals surface area contributed by atoms with E-state index in [2.05, 4.69) is 10.6 Å². The Labute approximate surface area is 196 Å². The van der Waals surface area contributed by atoms with E-state index in [1.165, 1.54) is 7.11 Å². The number of halogens is 2. The largest absolute Gasteiger partial charge is 0.493 e. The van der Waals surface area contributed by atoms with Gasteiger partial charge in [-0.3, -0.25) is 0 Å². The second-order valence-corrected chi connectivity index (χ2v) is 7.97. The lowest BCUT2D eigenvalue weighted by molar-refractivity contribution is -0.139. The molecule has 2 aromatic rings. The number of nitrogens with one attached hydrogen (secondary N) is 2. The van der Waals surface area contributed by atoms with Crippen LogP contribution in [0.15, 0.2) is 47.7 Å². The van der Waals surface area contributed by atoms with Gasteiger partial charge in [0.2, 0.25) is 0 Å². The fraction of sp³-hybridized carbons (Fsp3) is 0.304. The van der Waals surface area contributed by atoms with E-state index >= 15 is 0 Å². The quantitative estimate of drug-likeness (QED) is 0.511. The van der Waals surface area contributed by atoms with Crippen molar-refractivity contribution in [2.75, 3.05) is 13.7 Å². The number of amides is 2. The first-order valence-corrected chi connectivity index (χ1v) is 10.8. The minimum absolute atomic E-state index is 0.218. The highest BCUT2D eigenvalue weighted by molar-refractivity contribution is 6.42. The molecule has 0 radical (unpaired) electrons. The lowest BCUT2D eigenvalue weighted by Crippen LogP contribution is -2.45. The van der Waals surface area contributed by atoms with Crippen molar-refractivity contribution in [1.82, 2.24) is 10.6 Å². The van der Waals surface area contributed by atoms with Crippen molar-refractivity contribution in [3.63, 3.8) is 0 Å². The molecule has 32 heavy (non-hydrogen) atoms. The van der Waals surface area contributed by atoms with Crippen LogP contribution in [-0.2, 0) is 16.1 Å². The Morgan fingerprint density at radius 2 is 1.88 bits per heavy atom. The molecule has 2 N–H and O–H groups in total. The molecule has 0 aromatic heterocycles. The van der Waals surface area contributed by atoms with Crippen LogP contribution in [0.1, 0.15) is 37.4 Å². The van der Waals surface area contributed by atoms with Crippen molar-refractivity contribution in [3.8, 4) is 11.5 Å². The summed E-state index contributed by atoms with van der Waals surface area (Å²) < 4.78 is 16.7. The second kappa shape index (κ2) is 10.6. The smallest absolute Gasteiger partial charge is 0.338 e. The summed E-state index contributed by atoms with van der Waals surface area (Å²) in [7, 11) is 1.53. The van der Waals surface area contributed by atoms with Gasteiger partial charge in [-0.25, -0.2) is 9.59 Å². The van der Waals surface area contributed by atoms with E-state index in [0.717, 1.165) is 5.56 Å². The van der Waals surface area contributed by atoms with Crippen molar-refractivity contribution in [3.05, 3.63) is 68.8 Å². The van der Waals surface area contributed by atoms with Gasteiger partial charge in [-0.2, -0.15) is 0 Å². The zero-order valence-corrected chi connectivity index (χ0v) is 19.5. The minimum atomic E-state index is -0.702. The Balaban J connectivity index is 1.90. The van der Waals surface area contributed by atoms with Gasteiger partial charge in [0.1, 0.15) is 6.61 Å². The maximum absolute atomic E-state index is 12.7. The van der Waals surface area contributed by atoms with Crippen molar-refractivity contribution in [2.24, 2.45) is 0 Å². The van der Waals surface area contributed by atoms with Gasteiger partial charge in [0.15, 0.2) is 11.5 Å². The van der Waals surface area contributed by atoms with Gasteiger partial charge in [-0.05, 0) is 48.7 Å². The Morgan fingerprint density at radius 1 is 1.09 bits per heavy atom. The molecule has 1 heterocycles. The standard InChI is InChI=1S/C23H24Cl2N2O5/c1-4-9-31-22(28)20-13(2)26-23(29)27-21(20)15-6-8-18(30-3)19(11-15)32-12-14-5-7-16(24)17(25)10-14/h5-8,10-11,21H,4,9,12H2,1-3H3,(H2,26,27,29). The molecule has 2 aromatic carbocycles. The highest BCUT2D eigenvalue weighted by Crippen LogP contribution is 2.35. The average Bonchev–Trinajstić information content (AvgIpc) is 2.77. The number of methoxy groups -OCH3 is 1. The fourth-order valence-corrected chi connectivity index (χ4v) is 3.58. The molecule has 1 atom stereocenters. The molecule has 170 valence electrons. The van der Waals surface area contributed by atoms with Crippen molar-refractivity contribution >= 4 is 35.2 Å². The maximum atomic E-state index is 12.7. The van der Waals surface area contributed by atoms with E-state index in [4.69, 9.17) is 37.4 Å². The van der Waals surface area contributed by atoms with Crippen LogP contribution in [0.5, 0.6) is 11.5 Å². The van der Waals surface area contributed by atoms with Crippen LogP contribution in [0.3, 0.4) is 0 Å². The molecule has 0 saturated carbocycles. The van der Waals surface area contributed by atoms with E-state index in [-0.39, 0.29) is 13.2 Å². The fourth-order valence-electron chi connectivity index (χ4n) is 3.26. The monoisotopic (exact) mass is 478 g/mol. The summed E-state index contributed by atoms with van der Waals surface area (Å²) >= 11 is 12.1. The van der Waals surface area contributed by atoms with Gasteiger partial charge in [0, 0.05) is 5.70 Å². The summed E-state index contributed by atoms with van der Waals surface area (Å²) in [5, 5.41) is 6.31. The van der Waals surface area contributed by atoms with Crippen molar-refractivity contribution in [1.29, 1.82) is 0 Å². The molecular formula is C23H24Cl2N2O5. The number of hydrogen-bond donors (Lipinski definition) is 2. The third kappa shape index (κ3) is 5.47. The summed E-state index contributed by atoms with van der Waals surface area (Å²) in [6.45, 7) is 4.08. The molecule has 0 fully saturated rings. The van der Waals surface area contributed by atoms with Crippen LogP contribution in [0.25, 0.3) is 0 Å². The first-order chi connectivity index (χ1) is 15.3. The lowest BCUT2D eigenvalue weighted by atomic mass is 9.95. The molecule has 9 heteroatoms. The zero-order chi connectivity index (χ0) is 23.3. The summed E-state index contributed by atoms with van der Waals surface area (Å²) in [4.78, 5) is 24.8. The molecule has 0 saturated heterocycles. The number of carbonyl (C=O) groups is 2. The number of benzene rings is 2. The molecular weight excluding hydrogens is 455 g/mol. The predicted octanol–water partition coefficient (Wildman–Crippen LogP) is 5.16. The molecule has 1 unspecified atom stereocenters. The van der Waals surface area contributed by atoms with Gasteiger partial charge in [-0.1, -0.05) is 42.3 Å². The molecule has 3 rings (SSSR count). The number of rotatable bonds is 8. The summed E-state index contributed by atoms with van der Waals surface area (Å²) in [6.07, 6.45) is 0.692. The highest BCUT2D eigenvalue weighted by atomic mass is 35.5. The Kier molecular flexibility index (Phi) is 7.88. The first kappa shape index (κ1) is 23.8. The van der Waals surface area contributed by atoms with Gasteiger partial charge in [0.25, 0.3) is 0 Å². The summed E-state index contributed by atoms with van der Waals surface area (Å²) in [6, 6.07) is 9.34. The number of carbonyl (C=O) groups excluding carboxylic acids is 2. The SMILES string of the molecule is CCCOC(=O)C1=C(C)NC(=O)NC1c1ccc(OC)c(OCc2ccc(Cl)c(Cl)c2)c1. The third-order valence-corrected chi connectivity index (χ3v) is 5.56. The van der Waals surface area contributed by atoms with Crippen LogP contribution in [0, 0.1) is 0 Å². The Bertz CT molecular complexity index is 1050. The number of ether oxygens (including phenoxy) is 3. The predicted molar refractivity (Wildman–Crippen MR) is 122 cm³/mol. The number of esters is 1. The molecule has 7 nitrogen and oxygen atoms in total. The zero-order valence-electron chi connectivity index (χ0n) is 18.0. The molecule has 1 aliphatic heterocycles. The lowest BCUT2D eigenvalue weighted by Gasteiger charge is -2.28. The molecule has 0 aliphatic carbocycles. The molecule has 1 aliphatic rings. The van der Waals surface area contributed by atoms with Crippen molar-refractivity contribution in [2.45, 2.75) is 32.9 Å². The van der Waals surface area contributed by atoms with E-state index in [9.17, 15) is 9.59 Å². The van der Waals surface area contributed by atoms with Gasteiger partial charge >= 0.3 is 12.0 Å². The number of allylic oxidation sites excluding steroid dienone is 1. The highest BCUT2D eigenvalue weighted by Gasteiger charge is 2.32. The van der Waals surface area contributed by atoms with E-state index in [1.807, 2.05) is 13.0 Å². The average molecular weight is 479 g/mol. The van der Waals surface area contributed by atoms with Gasteiger partial charge in [-0.15, -0.1) is 0 Å². The van der Waals surface area contributed by atoms with Crippen LogP contribution in [0.4, 0.5) is 4.79 Å². The van der Waals surface area contributed by atoms with E-state index in [0.29, 0.717) is 44.8 Å². The maximum Gasteiger partial charge on any atom is 0.338 e. The Morgan fingerprint density at radius 3 is 2.56 bits per heavy atom. The molecule has 2 amide bonds.